The lowest BCUT2D eigenvalue weighted by Gasteiger charge is -2.36. The highest BCUT2D eigenvalue weighted by molar-refractivity contribution is 5.57. The third kappa shape index (κ3) is 1.76. The van der Waals surface area contributed by atoms with Crippen LogP contribution < -0.4 is 0 Å². The molecule has 6 rings (SSSR count). The Morgan fingerprint density at radius 2 is 1.73 bits per heavy atom. The number of rotatable bonds is 2. The van der Waals surface area contributed by atoms with E-state index in [1.807, 2.05) is 0 Å². The predicted molar refractivity (Wildman–Crippen MR) is 80.5 cm³/mol. The first-order valence-corrected chi connectivity index (χ1v) is 8.18. The Bertz CT molecular complexity index is 708. The summed E-state index contributed by atoms with van der Waals surface area (Å²) < 4.78 is 13.1. The Balaban J connectivity index is 1.54. The van der Waals surface area contributed by atoms with Gasteiger partial charge in [0, 0.05) is 11.0 Å². The van der Waals surface area contributed by atoms with Crippen LogP contribution >= 0.6 is 0 Å². The summed E-state index contributed by atoms with van der Waals surface area (Å²) in [5, 5.41) is 8.60. The van der Waals surface area contributed by atoms with Crippen molar-refractivity contribution in [2.45, 2.75) is 37.5 Å². The average Bonchev–Trinajstić information content (AvgIpc) is 2.96. The fourth-order valence-electron chi connectivity index (χ4n) is 5.37. The minimum atomic E-state index is -0.226. The number of aromatic nitrogens is 3. The molecule has 4 aliphatic carbocycles. The van der Waals surface area contributed by atoms with Crippen molar-refractivity contribution in [3.63, 3.8) is 0 Å². The summed E-state index contributed by atoms with van der Waals surface area (Å²) in [6.45, 7) is 0. The molecule has 0 spiro atoms. The Labute approximate surface area is 129 Å². The minimum absolute atomic E-state index is 0.166. The van der Waals surface area contributed by atoms with Gasteiger partial charge in [0.05, 0.1) is 11.9 Å². The molecule has 0 saturated heterocycles. The molecule has 22 heavy (non-hydrogen) atoms. The van der Waals surface area contributed by atoms with Gasteiger partial charge < -0.3 is 0 Å². The van der Waals surface area contributed by atoms with Gasteiger partial charge in [-0.15, -0.1) is 5.10 Å². The minimum Gasteiger partial charge on any atom is -0.229 e. The lowest BCUT2D eigenvalue weighted by Crippen LogP contribution is -2.33. The van der Waals surface area contributed by atoms with Crippen molar-refractivity contribution in [3.8, 4) is 11.3 Å². The molecule has 4 fully saturated rings. The van der Waals surface area contributed by atoms with Crippen LogP contribution in [-0.2, 0) is 5.41 Å². The first-order valence-electron chi connectivity index (χ1n) is 8.18. The fourth-order valence-corrected chi connectivity index (χ4v) is 5.37. The van der Waals surface area contributed by atoms with Crippen LogP contribution in [0, 0.1) is 23.6 Å². The molecule has 1 aromatic heterocycles. The van der Waals surface area contributed by atoms with Gasteiger partial charge in [0.15, 0.2) is 5.82 Å². The van der Waals surface area contributed by atoms with Crippen molar-refractivity contribution < 1.29 is 4.39 Å². The molecule has 4 saturated carbocycles. The van der Waals surface area contributed by atoms with Crippen molar-refractivity contribution in [1.29, 1.82) is 0 Å². The molecule has 1 heterocycles. The molecule has 0 radical (unpaired) electrons. The van der Waals surface area contributed by atoms with Crippen LogP contribution in [0.15, 0.2) is 30.5 Å². The van der Waals surface area contributed by atoms with Gasteiger partial charge in [-0.1, -0.05) is 0 Å². The van der Waals surface area contributed by atoms with Crippen LogP contribution in [0.3, 0.4) is 0 Å². The molecule has 2 unspecified atom stereocenters. The van der Waals surface area contributed by atoms with Gasteiger partial charge in [-0.3, -0.25) is 0 Å². The smallest absolute Gasteiger partial charge is 0.157 e. The van der Waals surface area contributed by atoms with Crippen molar-refractivity contribution in [2.24, 2.45) is 17.8 Å². The van der Waals surface area contributed by atoms with Gasteiger partial charge in [0.1, 0.15) is 5.82 Å². The van der Waals surface area contributed by atoms with Gasteiger partial charge in [0.2, 0.25) is 0 Å². The molecule has 2 aromatic rings. The number of halogens is 1. The van der Waals surface area contributed by atoms with Crippen LogP contribution in [0.2, 0.25) is 0 Å². The second kappa shape index (κ2) is 4.34. The van der Waals surface area contributed by atoms with E-state index in [-0.39, 0.29) is 11.2 Å². The largest absolute Gasteiger partial charge is 0.229 e. The van der Waals surface area contributed by atoms with Crippen LogP contribution in [0.25, 0.3) is 11.3 Å². The van der Waals surface area contributed by atoms with E-state index in [4.69, 9.17) is 4.98 Å². The lowest BCUT2D eigenvalue weighted by molar-refractivity contribution is 0.217. The summed E-state index contributed by atoms with van der Waals surface area (Å²) in [7, 11) is 0. The van der Waals surface area contributed by atoms with Crippen molar-refractivity contribution >= 4 is 0 Å². The number of hydrogen-bond acceptors (Lipinski definition) is 3. The zero-order valence-corrected chi connectivity index (χ0v) is 12.4. The fraction of sp³-hybridized carbons (Fsp3) is 0.500. The highest BCUT2D eigenvalue weighted by Crippen LogP contribution is 2.64. The number of nitrogens with zero attached hydrogens (tertiary/aromatic N) is 3. The lowest BCUT2D eigenvalue weighted by atomic mass is 9.69. The number of benzene rings is 1. The molecule has 1 aromatic carbocycles. The third-order valence-electron chi connectivity index (χ3n) is 6.10. The molecular weight excluding hydrogens is 277 g/mol. The highest BCUT2D eigenvalue weighted by atomic mass is 19.1. The van der Waals surface area contributed by atoms with Gasteiger partial charge in [-0.2, -0.15) is 5.10 Å². The molecule has 3 nitrogen and oxygen atoms in total. The van der Waals surface area contributed by atoms with E-state index in [1.165, 1.54) is 44.2 Å². The summed E-state index contributed by atoms with van der Waals surface area (Å²) in [5.41, 5.74) is 1.88. The zero-order chi connectivity index (χ0) is 14.7. The van der Waals surface area contributed by atoms with Gasteiger partial charge in [-0.05, 0) is 74.1 Å². The zero-order valence-electron chi connectivity index (χ0n) is 12.4. The molecule has 4 aliphatic rings. The van der Waals surface area contributed by atoms with Crippen LogP contribution in [-0.4, -0.2) is 15.2 Å². The Morgan fingerprint density at radius 3 is 2.41 bits per heavy atom. The van der Waals surface area contributed by atoms with E-state index >= 15 is 0 Å². The van der Waals surface area contributed by atoms with Crippen molar-refractivity contribution in [1.82, 2.24) is 15.2 Å². The average molecular weight is 295 g/mol. The third-order valence-corrected chi connectivity index (χ3v) is 6.10. The highest BCUT2D eigenvalue weighted by Gasteiger charge is 2.57. The molecular formula is C18H18FN3. The monoisotopic (exact) mass is 295 g/mol. The van der Waals surface area contributed by atoms with Gasteiger partial charge in [-0.25, -0.2) is 9.37 Å². The second-order valence-corrected chi connectivity index (χ2v) is 7.42. The van der Waals surface area contributed by atoms with Crippen molar-refractivity contribution in [3.05, 3.63) is 42.1 Å². The van der Waals surface area contributed by atoms with Crippen LogP contribution in [0.5, 0.6) is 0 Å². The van der Waals surface area contributed by atoms with Crippen molar-refractivity contribution in [2.75, 3.05) is 0 Å². The normalized spacial score (nSPS) is 35.2. The summed E-state index contributed by atoms with van der Waals surface area (Å²) in [4.78, 5) is 4.82. The molecule has 4 bridgehead atoms. The summed E-state index contributed by atoms with van der Waals surface area (Å²) in [6.07, 6.45) is 8.22. The Hall–Kier alpha value is -1.84. The van der Waals surface area contributed by atoms with Gasteiger partial charge in [0.25, 0.3) is 0 Å². The second-order valence-electron chi connectivity index (χ2n) is 7.42. The molecule has 0 amide bonds. The predicted octanol–water partition coefficient (Wildman–Crippen LogP) is 3.76. The van der Waals surface area contributed by atoms with E-state index in [2.05, 4.69) is 10.2 Å². The van der Waals surface area contributed by atoms with E-state index in [0.29, 0.717) is 0 Å². The number of hydrogen-bond donors (Lipinski definition) is 0. The standard InChI is InChI=1S/C18H18FN3/c19-15-3-1-12(2-4-15)16-10-20-22-17(21-16)18-7-11-5-13(8-18)14(6-11)9-18/h1-4,10-11,13-14H,5-9H2. The van der Waals surface area contributed by atoms with E-state index < -0.39 is 0 Å². The maximum absolute atomic E-state index is 13.1. The molecule has 4 heteroatoms. The van der Waals surface area contributed by atoms with E-state index in [1.54, 1.807) is 18.3 Å². The maximum Gasteiger partial charge on any atom is 0.157 e. The van der Waals surface area contributed by atoms with E-state index in [0.717, 1.165) is 34.8 Å². The van der Waals surface area contributed by atoms with E-state index in [9.17, 15) is 4.39 Å². The van der Waals surface area contributed by atoms with Gasteiger partial charge >= 0.3 is 0 Å². The molecule has 0 N–H and O–H groups in total. The van der Waals surface area contributed by atoms with Crippen LogP contribution in [0.4, 0.5) is 4.39 Å². The Morgan fingerprint density at radius 1 is 1.00 bits per heavy atom. The SMILES string of the molecule is Fc1ccc(-c2cnnc(C34CC5CC(C3)C(C5)C4)n2)cc1. The molecule has 0 aliphatic heterocycles. The summed E-state index contributed by atoms with van der Waals surface area (Å²) in [5.74, 6) is 3.34. The first-order chi connectivity index (χ1) is 10.7. The topological polar surface area (TPSA) is 38.7 Å². The quantitative estimate of drug-likeness (QED) is 0.847. The summed E-state index contributed by atoms with van der Waals surface area (Å²) >= 11 is 0. The Kier molecular flexibility index (Phi) is 2.50. The maximum atomic E-state index is 13.1. The first kappa shape index (κ1) is 12.7. The molecule has 2 atom stereocenters. The summed E-state index contributed by atoms with van der Waals surface area (Å²) in [6, 6.07) is 6.46. The molecule has 112 valence electrons. The van der Waals surface area contributed by atoms with Crippen LogP contribution in [0.1, 0.15) is 37.9 Å².